The Morgan fingerprint density at radius 2 is 1.63 bits per heavy atom. The molecule has 7 nitrogen and oxygen atoms in total. The van der Waals surface area contributed by atoms with Crippen LogP contribution in [0.15, 0.2) is 60.7 Å². The minimum atomic E-state index is -3.54. The van der Waals surface area contributed by atoms with Crippen LogP contribution >= 0.6 is 11.6 Å². The van der Waals surface area contributed by atoms with E-state index in [1.165, 1.54) is 22.7 Å². The molecule has 0 bridgehead atoms. The number of hydrogen-bond donors (Lipinski definition) is 1. The maximum Gasteiger partial charge on any atom is 0.339 e. The molecule has 0 aliphatic rings. The molecule has 0 fully saturated rings. The second-order valence-corrected chi connectivity index (χ2v) is 10.4. The molecule has 35 heavy (non-hydrogen) atoms. The van der Waals surface area contributed by atoms with E-state index in [0.29, 0.717) is 16.9 Å². The number of carbonyl (C=O) groups excluding carboxylic acids is 2. The Hall–Kier alpha value is -3.36. The number of esters is 1. The number of hydrogen-bond acceptors (Lipinski definition) is 5. The van der Waals surface area contributed by atoms with Crippen molar-refractivity contribution in [3.63, 3.8) is 0 Å². The molecule has 0 unspecified atom stereocenters. The highest BCUT2D eigenvalue weighted by Crippen LogP contribution is 2.28. The molecule has 1 amide bonds. The number of halogens is 1. The van der Waals surface area contributed by atoms with Crippen LogP contribution in [0.5, 0.6) is 0 Å². The van der Waals surface area contributed by atoms with E-state index in [1.54, 1.807) is 37.3 Å². The van der Waals surface area contributed by atoms with E-state index in [-0.39, 0.29) is 29.6 Å². The minimum absolute atomic E-state index is 0.136. The minimum Gasteiger partial charge on any atom is -0.462 e. The molecular weight excluding hydrogens is 488 g/mol. The fraction of sp³-hybridized carbons (Fsp3) is 0.231. The molecule has 3 aromatic rings. The van der Waals surface area contributed by atoms with Gasteiger partial charge in [0.15, 0.2) is 0 Å². The molecule has 3 aromatic carbocycles. The van der Waals surface area contributed by atoms with Crippen LogP contribution in [0.4, 0.5) is 11.4 Å². The van der Waals surface area contributed by atoms with Gasteiger partial charge >= 0.3 is 5.97 Å². The van der Waals surface area contributed by atoms with Crippen molar-refractivity contribution in [3.8, 4) is 0 Å². The van der Waals surface area contributed by atoms with Gasteiger partial charge in [0.2, 0.25) is 10.0 Å². The van der Waals surface area contributed by atoms with Crippen LogP contribution < -0.4 is 9.62 Å². The molecule has 0 aromatic heterocycles. The third-order valence-corrected chi connectivity index (χ3v) is 6.78. The lowest BCUT2D eigenvalue weighted by atomic mass is 10.1. The molecule has 184 valence electrons. The number of rotatable bonds is 8. The van der Waals surface area contributed by atoms with Crippen molar-refractivity contribution in [1.29, 1.82) is 0 Å². The van der Waals surface area contributed by atoms with Gasteiger partial charge in [-0.1, -0.05) is 41.9 Å². The second kappa shape index (κ2) is 10.9. The first kappa shape index (κ1) is 26.2. The third-order valence-electron chi connectivity index (χ3n) is 5.35. The zero-order chi connectivity index (χ0) is 25.8. The molecule has 0 aliphatic carbocycles. The van der Waals surface area contributed by atoms with Crippen LogP contribution in [-0.2, 0) is 21.3 Å². The van der Waals surface area contributed by atoms with E-state index in [2.05, 4.69) is 5.32 Å². The maximum absolute atomic E-state index is 12.7. The number of ether oxygens (including phenoxy) is 1. The first-order valence-electron chi connectivity index (χ1n) is 10.9. The van der Waals surface area contributed by atoms with Crippen LogP contribution in [0.2, 0.25) is 5.02 Å². The quantitative estimate of drug-likeness (QED) is 0.409. The van der Waals surface area contributed by atoms with Crippen molar-refractivity contribution in [1.82, 2.24) is 0 Å². The Morgan fingerprint density at radius 1 is 1.00 bits per heavy atom. The lowest BCUT2D eigenvalue weighted by molar-refractivity contribution is 0.0526. The Bertz CT molecular complexity index is 1330. The molecular formula is C26H27ClN2O5S. The fourth-order valence-electron chi connectivity index (χ4n) is 3.66. The molecule has 9 heteroatoms. The lowest BCUT2D eigenvalue weighted by Gasteiger charge is -2.26. The molecule has 0 radical (unpaired) electrons. The van der Waals surface area contributed by atoms with Crippen LogP contribution in [-0.4, -0.2) is 33.2 Å². The molecule has 0 heterocycles. The average Bonchev–Trinajstić information content (AvgIpc) is 2.78. The van der Waals surface area contributed by atoms with Crippen molar-refractivity contribution in [3.05, 3.63) is 93.5 Å². The van der Waals surface area contributed by atoms with Crippen molar-refractivity contribution in [2.75, 3.05) is 22.5 Å². The number of para-hydroxylation sites is 1. The summed E-state index contributed by atoms with van der Waals surface area (Å²) in [5.41, 5.74) is 4.14. The Balaban J connectivity index is 1.76. The predicted octanol–water partition coefficient (Wildman–Crippen LogP) is 5.35. The Kier molecular flexibility index (Phi) is 8.19. The summed E-state index contributed by atoms with van der Waals surface area (Å²) < 4.78 is 31.5. The third kappa shape index (κ3) is 6.41. The van der Waals surface area contributed by atoms with Crippen LogP contribution in [0, 0.1) is 13.8 Å². The lowest BCUT2D eigenvalue weighted by Crippen LogP contribution is -2.30. The summed E-state index contributed by atoms with van der Waals surface area (Å²) in [6, 6.07) is 16.9. The van der Waals surface area contributed by atoms with Crippen molar-refractivity contribution in [2.45, 2.75) is 27.3 Å². The van der Waals surface area contributed by atoms with Gasteiger partial charge in [-0.15, -0.1) is 0 Å². The average molecular weight is 515 g/mol. The monoisotopic (exact) mass is 514 g/mol. The van der Waals surface area contributed by atoms with E-state index in [0.717, 1.165) is 16.7 Å². The van der Waals surface area contributed by atoms with Gasteiger partial charge in [0, 0.05) is 11.3 Å². The number of nitrogens with zero attached hydrogens (tertiary/aromatic N) is 1. The van der Waals surface area contributed by atoms with Crippen molar-refractivity contribution >= 4 is 44.9 Å². The fourth-order valence-corrected chi connectivity index (χ4v) is 4.92. The summed E-state index contributed by atoms with van der Waals surface area (Å²) in [5.74, 6) is -0.902. The Morgan fingerprint density at radius 3 is 2.17 bits per heavy atom. The Labute approximate surface area is 210 Å². The van der Waals surface area contributed by atoms with E-state index >= 15 is 0 Å². The number of aryl methyl sites for hydroxylation is 2. The van der Waals surface area contributed by atoms with Gasteiger partial charge in [0.1, 0.15) is 0 Å². The highest BCUT2D eigenvalue weighted by atomic mass is 35.5. The molecule has 3 rings (SSSR count). The zero-order valence-electron chi connectivity index (χ0n) is 20.0. The number of amides is 1. The number of anilines is 2. The molecule has 0 aliphatic heterocycles. The van der Waals surface area contributed by atoms with Gasteiger partial charge in [-0.3, -0.25) is 9.10 Å². The second-order valence-electron chi connectivity index (χ2n) is 8.08. The van der Waals surface area contributed by atoms with Crippen LogP contribution in [0.3, 0.4) is 0 Å². The molecule has 0 atom stereocenters. The number of sulfonamides is 1. The van der Waals surface area contributed by atoms with Crippen molar-refractivity contribution in [2.24, 2.45) is 0 Å². The van der Waals surface area contributed by atoms with E-state index < -0.39 is 16.0 Å². The first-order valence-corrected chi connectivity index (χ1v) is 13.1. The SMILES string of the molecule is CCOC(=O)c1ccc(NC(=O)c2ccc(CN(c3c(C)cccc3C)S(C)(=O)=O)cc2)cc1Cl. The molecule has 0 saturated heterocycles. The summed E-state index contributed by atoms with van der Waals surface area (Å²) in [6.07, 6.45) is 1.18. The van der Waals surface area contributed by atoms with Gasteiger partial charge in [0.05, 0.1) is 35.7 Å². The van der Waals surface area contributed by atoms with Gasteiger partial charge in [-0.2, -0.15) is 0 Å². The van der Waals surface area contributed by atoms with Crippen LogP contribution in [0.25, 0.3) is 0 Å². The van der Waals surface area contributed by atoms with Crippen LogP contribution in [0.1, 0.15) is 44.3 Å². The number of nitrogens with one attached hydrogen (secondary N) is 1. The summed E-state index contributed by atoms with van der Waals surface area (Å²) in [6.45, 7) is 5.82. The summed E-state index contributed by atoms with van der Waals surface area (Å²) in [7, 11) is -3.54. The van der Waals surface area contributed by atoms with Crippen molar-refractivity contribution < 1.29 is 22.7 Å². The first-order chi connectivity index (χ1) is 16.5. The van der Waals surface area contributed by atoms with Gasteiger partial charge in [-0.25, -0.2) is 13.2 Å². The summed E-state index contributed by atoms with van der Waals surface area (Å²) in [5, 5.41) is 2.91. The van der Waals surface area contributed by atoms with E-state index in [1.807, 2.05) is 32.0 Å². The zero-order valence-corrected chi connectivity index (χ0v) is 21.5. The topological polar surface area (TPSA) is 92.8 Å². The largest absolute Gasteiger partial charge is 0.462 e. The smallest absolute Gasteiger partial charge is 0.339 e. The van der Waals surface area contributed by atoms with Gasteiger partial charge in [0.25, 0.3) is 5.91 Å². The summed E-state index contributed by atoms with van der Waals surface area (Å²) >= 11 is 6.16. The van der Waals surface area contributed by atoms with Gasteiger partial charge < -0.3 is 10.1 Å². The standard InChI is InChI=1S/C26H27ClN2O5S/c1-5-34-26(31)22-14-13-21(15-23(22)27)28-25(30)20-11-9-19(10-12-20)16-29(35(4,32)33)24-17(2)7-6-8-18(24)3/h6-15H,5,16H2,1-4H3,(H,28,30). The van der Waals surface area contributed by atoms with E-state index in [9.17, 15) is 18.0 Å². The highest BCUT2D eigenvalue weighted by molar-refractivity contribution is 7.92. The highest BCUT2D eigenvalue weighted by Gasteiger charge is 2.21. The number of benzene rings is 3. The normalized spacial score (nSPS) is 11.1. The van der Waals surface area contributed by atoms with E-state index in [4.69, 9.17) is 16.3 Å². The molecule has 1 N–H and O–H groups in total. The predicted molar refractivity (Wildman–Crippen MR) is 139 cm³/mol. The summed E-state index contributed by atoms with van der Waals surface area (Å²) in [4.78, 5) is 24.6. The molecule has 0 saturated carbocycles. The number of carbonyl (C=O) groups is 2. The molecule has 0 spiro atoms. The maximum atomic E-state index is 12.7. The van der Waals surface area contributed by atoms with Gasteiger partial charge in [-0.05, 0) is 67.8 Å².